The molecule has 0 aliphatic heterocycles. The fourth-order valence-corrected chi connectivity index (χ4v) is 4.43. The quantitative estimate of drug-likeness (QED) is 0.190. The maximum absolute atomic E-state index is 12.7. The number of rotatable bonds is 11. The summed E-state index contributed by atoms with van der Waals surface area (Å²) in [4.78, 5) is 25.1. The van der Waals surface area contributed by atoms with Crippen LogP contribution in [0.4, 0.5) is 0 Å². The third kappa shape index (κ3) is 7.54. The van der Waals surface area contributed by atoms with Gasteiger partial charge in [-0.25, -0.2) is 4.79 Å². The topological polar surface area (TPSA) is 67.4 Å². The highest BCUT2D eigenvalue weighted by Gasteiger charge is 2.23. The number of methoxy groups -OCH3 is 1. The molecule has 0 aliphatic carbocycles. The molecule has 0 aromatic heterocycles. The molecule has 194 valence electrons. The number of carbonyl (C=O) groups excluding carboxylic acids is 2. The molecule has 0 radical (unpaired) electrons. The fraction of sp³-hybridized carbons (Fsp3) is 0.188. The van der Waals surface area contributed by atoms with E-state index in [1.165, 1.54) is 18.2 Å². The zero-order valence-electron chi connectivity index (χ0n) is 21.3. The molecule has 6 heteroatoms. The van der Waals surface area contributed by atoms with Crippen molar-refractivity contribution in [3.63, 3.8) is 0 Å². The number of ether oxygens (including phenoxy) is 1. The lowest BCUT2D eigenvalue weighted by molar-refractivity contribution is -0.142. The summed E-state index contributed by atoms with van der Waals surface area (Å²) in [5, 5.41) is 6.58. The fourth-order valence-electron chi connectivity index (χ4n) is 4.21. The van der Waals surface area contributed by atoms with Gasteiger partial charge in [-0.1, -0.05) is 103 Å². The first-order chi connectivity index (χ1) is 18.5. The Hall–Kier alpha value is -3.93. The summed E-state index contributed by atoms with van der Waals surface area (Å²) in [7, 11) is 1.31. The standard InChI is InChI=1S/C32H31ClN2O3/c1-38-32(37)30(35-31(36)28-9-5-6-10-29(28)33)21-24-11-15-26(16-12-24)27-17-13-25(14-18-27)22-34-20-19-23-7-3-2-4-8-23/h2-18,30,34H,19-22H2,1H3,(H,35,36)/t30-/m0/s1. The Labute approximate surface area is 228 Å². The number of amides is 1. The summed E-state index contributed by atoms with van der Waals surface area (Å²) >= 11 is 6.14. The molecule has 4 aromatic carbocycles. The lowest BCUT2D eigenvalue weighted by Gasteiger charge is -2.17. The van der Waals surface area contributed by atoms with Crippen molar-refractivity contribution in [2.24, 2.45) is 0 Å². The van der Waals surface area contributed by atoms with Crippen molar-refractivity contribution in [3.8, 4) is 11.1 Å². The van der Waals surface area contributed by atoms with E-state index < -0.39 is 17.9 Å². The number of benzene rings is 4. The summed E-state index contributed by atoms with van der Waals surface area (Å²) in [6, 6.07) is 32.8. The van der Waals surface area contributed by atoms with Crippen molar-refractivity contribution in [3.05, 3.63) is 130 Å². The average molecular weight is 527 g/mol. The highest BCUT2D eigenvalue weighted by molar-refractivity contribution is 6.33. The van der Waals surface area contributed by atoms with Gasteiger partial charge in [0, 0.05) is 13.0 Å². The molecule has 0 unspecified atom stereocenters. The van der Waals surface area contributed by atoms with Gasteiger partial charge < -0.3 is 15.4 Å². The second-order valence-corrected chi connectivity index (χ2v) is 9.45. The van der Waals surface area contributed by atoms with E-state index in [1.807, 2.05) is 30.3 Å². The van der Waals surface area contributed by atoms with E-state index in [2.05, 4.69) is 59.2 Å². The van der Waals surface area contributed by atoms with E-state index in [4.69, 9.17) is 16.3 Å². The molecule has 0 fully saturated rings. The first-order valence-corrected chi connectivity index (χ1v) is 13.0. The largest absolute Gasteiger partial charge is 0.467 e. The van der Waals surface area contributed by atoms with Gasteiger partial charge in [0.05, 0.1) is 17.7 Å². The Balaban J connectivity index is 1.33. The number of nitrogens with one attached hydrogen (secondary N) is 2. The lowest BCUT2D eigenvalue weighted by Crippen LogP contribution is -2.43. The third-order valence-electron chi connectivity index (χ3n) is 6.35. The van der Waals surface area contributed by atoms with Gasteiger partial charge in [-0.3, -0.25) is 4.79 Å². The minimum absolute atomic E-state index is 0.302. The predicted octanol–water partition coefficient (Wildman–Crippen LogP) is 5.85. The summed E-state index contributed by atoms with van der Waals surface area (Å²) in [6.45, 7) is 1.75. The van der Waals surface area contributed by atoms with Gasteiger partial charge in [-0.15, -0.1) is 0 Å². The smallest absolute Gasteiger partial charge is 0.328 e. The zero-order chi connectivity index (χ0) is 26.7. The molecular weight excluding hydrogens is 496 g/mol. The summed E-state index contributed by atoms with van der Waals surface area (Å²) < 4.78 is 4.92. The first-order valence-electron chi connectivity index (χ1n) is 12.6. The summed E-state index contributed by atoms with van der Waals surface area (Å²) in [5.41, 5.74) is 5.97. The molecule has 38 heavy (non-hydrogen) atoms. The highest BCUT2D eigenvalue weighted by atomic mass is 35.5. The Morgan fingerprint density at radius 2 is 1.37 bits per heavy atom. The van der Waals surface area contributed by atoms with E-state index in [0.29, 0.717) is 17.0 Å². The van der Waals surface area contributed by atoms with Gasteiger partial charge in [0.2, 0.25) is 0 Å². The number of halogens is 1. The van der Waals surface area contributed by atoms with Crippen molar-refractivity contribution in [2.75, 3.05) is 13.7 Å². The van der Waals surface area contributed by atoms with Crippen LogP contribution in [0.2, 0.25) is 5.02 Å². The van der Waals surface area contributed by atoms with Crippen molar-refractivity contribution in [2.45, 2.75) is 25.4 Å². The van der Waals surface area contributed by atoms with Gasteiger partial charge in [0.15, 0.2) is 0 Å². The molecule has 5 nitrogen and oxygen atoms in total. The van der Waals surface area contributed by atoms with Crippen LogP contribution in [-0.4, -0.2) is 31.6 Å². The Kier molecular flexibility index (Phi) is 9.68. The van der Waals surface area contributed by atoms with Crippen molar-refractivity contribution < 1.29 is 14.3 Å². The number of carbonyl (C=O) groups is 2. The second kappa shape index (κ2) is 13.6. The normalized spacial score (nSPS) is 11.5. The molecule has 1 atom stereocenters. The van der Waals surface area contributed by atoms with Gasteiger partial charge >= 0.3 is 5.97 Å². The summed E-state index contributed by atoms with van der Waals surface area (Å²) in [5.74, 6) is -0.931. The van der Waals surface area contributed by atoms with Crippen LogP contribution in [0.25, 0.3) is 11.1 Å². The Morgan fingerprint density at radius 3 is 2.00 bits per heavy atom. The maximum Gasteiger partial charge on any atom is 0.328 e. The molecule has 0 aliphatic rings. The molecule has 4 rings (SSSR count). The van der Waals surface area contributed by atoms with Crippen LogP contribution in [0.5, 0.6) is 0 Å². The van der Waals surface area contributed by atoms with Crippen LogP contribution in [0.1, 0.15) is 27.0 Å². The van der Waals surface area contributed by atoms with Gasteiger partial charge in [0.25, 0.3) is 5.91 Å². The minimum Gasteiger partial charge on any atom is -0.467 e. The van der Waals surface area contributed by atoms with Gasteiger partial charge in [-0.2, -0.15) is 0 Å². The van der Waals surface area contributed by atoms with E-state index in [1.54, 1.807) is 24.3 Å². The monoisotopic (exact) mass is 526 g/mol. The molecule has 1 amide bonds. The van der Waals surface area contributed by atoms with Crippen LogP contribution in [0, 0.1) is 0 Å². The predicted molar refractivity (Wildman–Crippen MR) is 152 cm³/mol. The summed E-state index contributed by atoms with van der Waals surface area (Å²) in [6.07, 6.45) is 1.31. The number of hydrogen-bond donors (Lipinski definition) is 2. The molecular formula is C32H31ClN2O3. The third-order valence-corrected chi connectivity index (χ3v) is 6.68. The highest BCUT2D eigenvalue weighted by Crippen LogP contribution is 2.21. The first kappa shape index (κ1) is 27.1. The van der Waals surface area contributed by atoms with Crippen molar-refractivity contribution in [1.29, 1.82) is 0 Å². The Bertz CT molecular complexity index is 1340. The molecule has 0 spiro atoms. The van der Waals surface area contributed by atoms with E-state index in [9.17, 15) is 9.59 Å². The molecule has 0 heterocycles. The SMILES string of the molecule is COC(=O)[C@H](Cc1ccc(-c2ccc(CNCCc3ccccc3)cc2)cc1)NC(=O)c1ccccc1Cl. The molecule has 0 saturated carbocycles. The number of esters is 1. The van der Waals surface area contributed by atoms with E-state index >= 15 is 0 Å². The number of hydrogen-bond acceptors (Lipinski definition) is 4. The van der Waals surface area contributed by atoms with Gasteiger partial charge in [0.1, 0.15) is 6.04 Å². The van der Waals surface area contributed by atoms with E-state index in [0.717, 1.165) is 36.2 Å². The van der Waals surface area contributed by atoms with Crippen LogP contribution in [-0.2, 0) is 28.9 Å². The molecule has 0 bridgehead atoms. The van der Waals surface area contributed by atoms with Gasteiger partial charge in [-0.05, 0) is 52.9 Å². The maximum atomic E-state index is 12.7. The van der Waals surface area contributed by atoms with Crippen LogP contribution in [0.3, 0.4) is 0 Å². The Morgan fingerprint density at radius 1 is 0.763 bits per heavy atom. The molecule has 2 N–H and O–H groups in total. The van der Waals surface area contributed by atoms with Crippen LogP contribution < -0.4 is 10.6 Å². The second-order valence-electron chi connectivity index (χ2n) is 9.04. The van der Waals surface area contributed by atoms with Crippen LogP contribution >= 0.6 is 11.6 Å². The van der Waals surface area contributed by atoms with Crippen molar-refractivity contribution in [1.82, 2.24) is 10.6 Å². The van der Waals surface area contributed by atoms with E-state index in [-0.39, 0.29) is 0 Å². The average Bonchev–Trinajstić information content (AvgIpc) is 2.96. The lowest BCUT2D eigenvalue weighted by atomic mass is 9.99. The molecule has 0 saturated heterocycles. The minimum atomic E-state index is -0.830. The van der Waals surface area contributed by atoms with Crippen LogP contribution in [0.15, 0.2) is 103 Å². The molecule has 4 aromatic rings. The zero-order valence-corrected chi connectivity index (χ0v) is 22.1. The van der Waals surface area contributed by atoms with Crippen molar-refractivity contribution >= 4 is 23.5 Å².